The minimum Gasteiger partial charge on any atom is -0.339 e. The van der Waals surface area contributed by atoms with Gasteiger partial charge in [-0.3, -0.25) is 4.79 Å². The molecule has 1 N–H and O–H groups in total. The van der Waals surface area contributed by atoms with Crippen molar-refractivity contribution in [2.75, 3.05) is 5.32 Å². The monoisotopic (exact) mass is 229 g/mol. The number of aryl methyl sites for hydroxylation is 1. The topological polar surface area (TPSA) is 68.0 Å². The fraction of sp³-hybridized carbons (Fsp3) is 0.0833. The van der Waals surface area contributed by atoms with Gasteiger partial charge in [-0.05, 0) is 30.3 Å². The van der Waals surface area contributed by atoms with E-state index in [1.807, 2.05) is 12.1 Å². The zero-order chi connectivity index (χ0) is 12.3. The van der Waals surface area contributed by atoms with Crippen LogP contribution in [-0.2, 0) is 4.79 Å². The highest BCUT2D eigenvalue weighted by atomic mass is 16.5. The first kappa shape index (κ1) is 11.1. The molecule has 0 saturated heterocycles. The van der Waals surface area contributed by atoms with Crippen molar-refractivity contribution in [3.63, 3.8) is 0 Å². The van der Waals surface area contributed by atoms with Crippen LogP contribution in [0.4, 0.5) is 5.69 Å². The maximum absolute atomic E-state index is 11.1. The Kier molecular flexibility index (Phi) is 3.00. The van der Waals surface area contributed by atoms with E-state index in [2.05, 4.69) is 22.0 Å². The van der Waals surface area contributed by atoms with Gasteiger partial charge in [-0.15, -0.1) is 0 Å². The summed E-state index contributed by atoms with van der Waals surface area (Å²) >= 11 is 0. The fourth-order valence-electron chi connectivity index (χ4n) is 1.31. The molecule has 0 fully saturated rings. The van der Waals surface area contributed by atoms with Gasteiger partial charge in [0.25, 0.3) is 0 Å². The Hall–Kier alpha value is -2.43. The number of nitrogens with zero attached hydrogens (tertiary/aromatic N) is 2. The van der Waals surface area contributed by atoms with Crippen molar-refractivity contribution in [3.8, 4) is 11.4 Å². The zero-order valence-electron chi connectivity index (χ0n) is 9.30. The second kappa shape index (κ2) is 4.61. The molecule has 5 heteroatoms. The predicted molar refractivity (Wildman–Crippen MR) is 63.3 cm³/mol. The molecule has 86 valence electrons. The summed E-state index contributed by atoms with van der Waals surface area (Å²) < 4.78 is 4.89. The Bertz CT molecular complexity index is 543. The number of benzene rings is 1. The van der Waals surface area contributed by atoms with Gasteiger partial charge in [-0.2, -0.15) is 4.98 Å². The average molecular weight is 229 g/mol. The number of aromatic nitrogens is 2. The first-order chi connectivity index (χ1) is 8.19. The van der Waals surface area contributed by atoms with E-state index in [0.29, 0.717) is 17.4 Å². The second-order valence-corrected chi connectivity index (χ2v) is 3.41. The highest BCUT2D eigenvalue weighted by Crippen LogP contribution is 2.18. The second-order valence-electron chi connectivity index (χ2n) is 3.41. The molecule has 1 aromatic carbocycles. The Labute approximate surface area is 98.2 Å². The molecule has 0 aliphatic rings. The third-order valence-corrected chi connectivity index (χ3v) is 2.12. The van der Waals surface area contributed by atoms with Crippen molar-refractivity contribution in [1.29, 1.82) is 0 Å². The lowest BCUT2D eigenvalue weighted by Gasteiger charge is -2.01. The largest absolute Gasteiger partial charge is 0.339 e. The van der Waals surface area contributed by atoms with Crippen LogP contribution in [0, 0.1) is 6.92 Å². The maximum Gasteiger partial charge on any atom is 0.247 e. The molecule has 0 spiro atoms. The van der Waals surface area contributed by atoms with Gasteiger partial charge in [0, 0.05) is 18.2 Å². The maximum atomic E-state index is 11.1. The van der Waals surface area contributed by atoms with Gasteiger partial charge in [0.15, 0.2) is 0 Å². The summed E-state index contributed by atoms with van der Waals surface area (Å²) in [5, 5.41) is 6.46. The highest BCUT2D eigenvalue weighted by molar-refractivity contribution is 5.98. The van der Waals surface area contributed by atoms with Gasteiger partial charge < -0.3 is 9.84 Å². The van der Waals surface area contributed by atoms with E-state index >= 15 is 0 Å². The van der Waals surface area contributed by atoms with Gasteiger partial charge in [0.05, 0.1) is 0 Å². The fourth-order valence-corrected chi connectivity index (χ4v) is 1.31. The molecular weight excluding hydrogens is 218 g/mol. The first-order valence-corrected chi connectivity index (χ1v) is 5.03. The SMILES string of the molecule is C=CC(=O)Nc1ccc(-c2noc(C)n2)cc1. The summed E-state index contributed by atoms with van der Waals surface area (Å²) in [5.74, 6) is 0.807. The third-order valence-electron chi connectivity index (χ3n) is 2.12. The summed E-state index contributed by atoms with van der Waals surface area (Å²) in [6, 6.07) is 7.15. The number of anilines is 1. The standard InChI is InChI=1S/C12H11N3O2/c1-3-11(16)14-10-6-4-9(5-7-10)12-13-8(2)17-15-12/h3-7H,1H2,2H3,(H,14,16). The summed E-state index contributed by atoms with van der Waals surface area (Å²) in [6.45, 7) is 5.11. The van der Waals surface area contributed by atoms with Gasteiger partial charge >= 0.3 is 0 Å². The smallest absolute Gasteiger partial charge is 0.247 e. The molecule has 0 bridgehead atoms. The number of rotatable bonds is 3. The number of hydrogen-bond donors (Lipinski definition) is 1. The van der Waals surface area contributed by atoms with Crippen LogP contribution in [0.2, 0.25) is 0 Å². The Morgan fingerprint density at radius 2 is 2.12 bits per heavy atom. The number of carbonyl (C=O) groups is 1. The van der Waals surface area contributed by atoms with Crippen molar-refractivity contribution in [2.45, 2.75) is 6.92 Å². The number of nitrogens with one attached hydrogen (secondary N) is 1. The molecule has 0 atom stereocenters. The number of amides is 1. The molecule has 1 aromatic heterocycles. The lowest BCUT2D eigenvalue weighted by Crippen LogP contribution is -2.06. The minimum atomic E-state index is -0.242. The molecule has 17 heavy (non-hydrogen) atoms. The van der Waals surface area contributed by atoms with Crippen LogP contribution in [-0.4, -0.2) is 16.0 Å². The van der Waals surface area contributed by atoms with Crippen molar-refractivity contribution < 1.29 is 9.32 Å². The Balaban J connectivity index is 2.18. The molecule has 0 aliphatic heterocycles. The summed E-state index contributed by atoms with van der Waals surface area (Å²) in [7, 11) is 0. The van der Waals surface area contributed by atoms with Crippen LogP contribution in [0.1, 0.15) is 5.89 Å². The molecule has 0 saturated carbocycles. The van der Waals surface area contributed by atoms with Gasteiger partial charge in [-0.1, -0.05) is 11.7 Å². The van der Waals surface area contributed by atoms with Crippen LogP contribution >= 0.6 is 0 Å². The predicted octanol–water partition coefficient (Wildman–Crippen LogP) is 2.17. The molecule has 2 aromatic rings. The molecule has 0 aliphatic carbocycles. The quantitative estimate of drug-likeness (QED) is 0.819. The van der Waals surface area contributed by atoms with Gasteiger partial charge in [0.1, 0.15) is 0 Å². The van der Waals surface area contributed by atoms with E-state index in [1.54, 1.807) is 19.1 Å². The van der Waals surface area contributed by atoms with E-state index in [-0.39, 0.29) is 5.91 Å². The van der Waals surface area contributed by atoms with E-state index in [4.69, 9.17) is 4.52 Å². The number of hydrogen-bond acceptors (Lipinski definition) is 4. The van der Waals surface area contributed by atoms with Gasteiger partial charge in [0.2, 0.25) is 17.6 Å². The summed E-state index contributed by atoms with van der Waals surface area (Å²) in [5.41, 5.74) is 1.53. The van der Waals surface area contributed by atoms with Crippen molar-refractivity contribution in [2.24, 2.45) is 0 Å². The summed E-state index contributed by atoms with van der Waals surface area (Å²) in [6.07, 6.45) is 1.22. The average Bonchev–Trinajstić information content (AvgIpc) is 2.77. The van der Waals surface area contributed by atoms with E-state index in [0.717, 1.165) is 5.56 Å². The molecule has 0 unspecified atom stereocenters. The minimum absolute atomic E-state index is 0.242. The highest BCUT2D eigenvalue weighted by Gasteiger charge is 2.05. The Morgan fingerprint density at radius 1 is 1.41 bits per heavy atom. The number of carbonyl (C=O) groups excluding carboxylic acids is 1. The lowest BCUT2D eigenvalue weighted by molar-refractivity contribution is -0.111. The van der Waals surface area contributed by atoms with Crippen molar-refractivity contribution in [3.05, 3.63) is 42.8 Å². The molecule has 1 amide bonds. The van der Waals surface area contributed by atoms with Crippen LogP contribution in [0.3, 0.4) is 0 Å². The van der Waals surface area contributed by atoms with Gasteiger partial charge in [-0.25, -0.2) is 0 Å². The van der Waals surface area contributed by atoms with E-state index < -0.39 is 0 Å². The van der Waals surface area contributed by atoms with Crippen molar-refractivity contribution in [1.82, 2.24) is 10.1 Å². The molecule has 2 rings (SSSR count). The molecule has 0 radical (unpaired) electrons. The van der Waals surface area contributed by atoms with Crippen LogP contribution in [0.15, 0.2) is 41.4 Å². The molecule has 1 heterocycles. The van der Waals surface area contributed by atoms with E-state index in [1.165, 1.54) is 6.08 Å². The Morgan fingerprint density at radius 3 is 2.65 bits per heavy atom. The normalized spacial score (nSPS) is 9.94. The first-order valence-electron chi connectivity index (χ1n) is 5.03. The molecule has 5 nitrogen and oxygen atoms in total. The van der Waals surface area contributed by atoms with Crippen molar-refractivity contribution >= 4 is 11.6 Å². The van der Waals surface area contributed by atoms with E-state index in [9.17, 15) is 4.79 Å². The summed E-state index contributed by atoms with van der Waals surface area (Å²) in [4.78, 5) is 15.2. The zero-order valence-corrected chi connectivity index (χ0v) is 9.30. The van der Waals surface area contributed by atoms with Crippen LogP contribution in [0.25, 0.3) is 11.4 Å². The van der Waals surface area contributed by atoms with Crippen LogP contribution < -0.4 is 5.32 Å². The lowest BCUT2D eigenvalue weighted by atomic mass is 10.2. The van der Waals surface area contributed by atoms with Crippen LogP contribution in [0.5, 0.6) is 0 Å². The third kappa shape index (κ3) is 2.57. The molecular formula is C12H11N3O2.